The number of carbonyl (C=O) groups excluding carboxylic acids is 4. The van der Waals surface area contributed by atoms with Gasteiger partial charge in [-0.15, -0.1) is 0 Å². The van der Waals surface area contributed by atoms with Gasteiger partial charge in [-0.1, -0.05) is 39.7 Å². The Bertz CT molecular complexity index is 740. The van der Waals surface area contributed by atoms with Crippen molar-refractivity contribution in [3.05, 3.63) is 12.8 Å². The summed E-state index contributed by atoms with van der Waals surface area (Å²) in [6.45, 7) is 6.48. The third-order valence-electron chi connectivity index (χ3n) is 4.62. The van der Waals surface area contributed by atoms with Gasteiger partial charge in [0.25, 0.3) is 0 Å². The summed E-state index contributed by atoms with van der Waals surface area (Å²) < 4.78 is 15.7. The smallest absolute Gasteiger partial charge is 0.330 e. The Morgan fingerprint density at radius 1 is 0.917 bits per heavy atom. The van der Waals surface area contributed by atoms with Crippen molar-refractivity contribution < 1.29 is 43.3 Å². The largest absolute Gasteiger partial charge is 0.481 e. The lowest BCUT2D eigenvalue weighted by atomic mass is 10.2. The van der Waals surface area contributed by atoms with Crippen LogP contribution >= 0.6 is 0 Å². The van der Waals surface area contributed by atoms with Crippen molar-refractivity contribution in [1.29, 1.82) is 0 Å². The van der Waals surface area contributed by atoms with Crippen molar-refractivity contribution >= 4 is 36.1 Å². The maximum absolute atomic E-state index is 12.6. The SMILES string of the molecule is C=CN/C=N\CC(NC(=O)CCC(=O)O)C(=O)OCC(COC(=O)CCCC)OC(=O)CCCCC. The summed E-state index contributed by atoms with van der Waals surface area (Å²) in [6.07, 6.45) is 5.11. The van der Waals surface area contributed by atoms with Crippen molar-refractivity contribution in [3.63, 3.8) is 0 Å². The van der Waals surface area contributed by atoms with E-state index in [1.54, 1.807) is 0 Å². The van der Waals surface area contributed by atoms with Crippen LogP contribution in [0.2, 0.25) is 0 Å². The minimum Gasteiger partial charge on any atom is -0.481 e. The zero-order valence-corrected chi connectivity index (χ0v) is 21.2. The predicted octanol–water partition coefficient (Wildman–Crippen LogP) is 1.87. The lowest BCUT2D eigenvalue weighted by Crippen LogP contribution is -2.45. The summed E-state index contributed by atoms with van der Waals surface area (Å²) >= 11 is 0. The second-order valence-corrected chi connectivity index (χ2v) is 7.86. The number of esters is 3. The first-order chi connectivity index (χ1) is 17.2. The highest BCUT2D eigenvalue weighted by molar-refractivity contribution is 5.86. The fourth-order valence-electron chi connectivity index (χ4n) is 2.66. The summed E-state index contributed by atoms with van der Waals surface area (Å²) in [7, 11) is 0. The second-order valence-electron chi connectivity index (χ2n) is 7.86. The molecule has 1 amide bonds. The number of carbonyl (C=O) groups is 5. The molecule has 36 heavy (non-hydrogen) atoms. The molecule has 0 heterocycles. The van der Waals surface area contributed by atoms with E-state index in [9.17, 15) is 24.0 Å². The third-order valence-corrected chi connectivity index (χ3v) is 4.62. The van der Waals surface area contributed by atoms with Gasteiger partial charge in [-0.05, 0) is 19.0 Å². The Labute approximate surface area is 211 Å². The average molecular weight is 514 g/mol. The van der Waals surface area contributed by atoms with E-state index in [-0.39, 0.29) is 32.4 Å². The first-order valence-corrected chi connectivity index (χ1v) is 12.1. The Morgan fingerprint density at radius 2 is 1.58 bits per heavy atom. The van der Waals surface area contributed by atoms with Gasteiger partial charge in [0.15, 0.2) is 6.10 Å². The molecule has 2 atom stereocenters. The van der Waals surface area contributed by atoms with Crippen molar-refractivity contribution in [1.82, 2.24) is 10.6 Å². The van der Waals surface area contributed by atoms with E-state index in [1.165, 1.54) is 12.5 Å². The third kappa shape index (κ3) is 18.0. The van der Waals surface area contributed by atoms with E-state index in [2.05, 4.69) is 22.2 Å². The Morgan fingerprint density at radius 3 is 2.22 bits per heavy atom. The number of aliphatic imine (C=N–C) groups is 1. The summed E-state index contributed by atoms with van der Waals surface area (Å²) in [5.74, 6) is -3.67. The molecule has 0 spiro atoms. The highest BCUT2D eigenvalue weighted by atomic mass is 16.6. The van der Waals surface area contributed by atoms with Crippen LogP contribution in [0.5, 0.6) is 0 Å². The number of nitrogens with one attached hydrogen (secondary N) is 2. The van der Waals surface area contributed by atoms with Crippen molar-refractivity contribution in [2.75, 3.05) is 19.8 Å². The lowest BCUT2D eigenvalue weighted by Gasteiger charge is -2.20. The molecule has 0 aromatic heterocycles. The molecular formula is C24H39N3O9. The molecule has 12 nitrogen and oxygen atoms in total. The quantitative estimate of drug-likeness (QED) is 0.0677. The molecular weight excluding hydrogens is 474 g/mol. The van der Waals surface area contributed by atoms with Crippen LogP contribution < -0.4 is 10.6 Å². The fourth-order valence-corrected chi connectivity index (χ4v) is 2.66. The molecule has 2 unspecified atom stereocenters. The molecule has 0 bridgehead atoms. The molecule has 0 aromatic rings. The van der Waals surface area contributed by atoms with Crippen LogP contribution in [-0.2, 0) is 38.2 Å². The number of hydrogen-bond acceptors (Lipinski definition) is 9. The summed E-state index contributed by atoms with van der Waals surface area (Å²) in [6, 6.07) is -1.22. The highest BCUT2D eigenvalue weighted by Crippen LogP contribution is 2.06. The van der Waals surface area contributed by atoms with E-state index in [4.69, 9.17) is 19.3 Å². The lowest BCUT2D eigenvalue weighted by molar-refractivity contribution is -0.167. The van der Waals surface area contributed by atoms with Crippen molar-refractivity contribution in [2.24, 2.45) is 4.99 Å². The topological polar surface area (TPSA) is 170 Å². The first kappa shape index (κ1) is 32.6. The fraction of sp³-hybridized carbons (Fsp3) is 0.667. The van der Waals surface area contributed by atoms with Crippen molar-refractivity contribution in [2.45, 2.75) is 83.8 Å². The van der Waals surface area contributed by atoms with E-state index in [1.807, 2.05) is 13.8 Å². The van der Waals surface area contributed by atoms with E-state index < -0.39 is 55.0 Å². The van der Waals surface area contributed by atoms with Gasteiger partial charge in [-0.25, -0.2) is 4.79 Å². The minimum absolute atomic E-state index is 0.176. The normalized spacial score (nSPS) is 12.3. The molecule has 0 radical (unpaired) electrons. The number of aliphatic carboxylic acids is 1. The number of hydrogen-bond donors (Lipinski definition) is 3. The van der Waals surface area contributed by atoms with Crippen molar-refractivity contribution in [3.8, 4) is 0 Å². The monoisotopic (exact) mass is 513 g/mol. The molecule has 204 valence electrons. The number of unbranched alkanes of at least 4 members (excludes halogenated alkanes) is 3. The van der Waals surface area contributed by atoms with Gasteiger partial charge < -0.3 is 30.0 Å². The van der Waals surface area contributed by atoms with Gasteiger partial charge in [0.1, 0.15) is 19.3 Å². The van der Waals surface area contributed by atoms with Crippen LogP contribution in [0.25, 0.3) is 0 Å². The van der Waals surface area contributed by atoms with Gasteiger partial charge >= 0.3 is 23.9 Å². The number of carboxylic acids is 1. The van der Waals surface area contributed by atoms with Gasteiger partial charge in [-0.2, -0.15) is 0 Å². The predicted molar refractivity (Wildman–Crippen MR) is 131 cm³/mol. The zero-order valence-electron chi connectivity index (χ0n) is 21.2. The average Bonchev–Trinajstić information content (AvgIpc) is 2.84. The molecule has 0 saturated carbocycles. The Balaban J connectivity index is 5.14. The van der Waals surface area contributed by atoms with Crippen LogP contribution in [0, 0.1) is 0 Å². The maximum atomic E-state index is 12.6. The van der Waals surface area contributed by atoms with Crippen LogP contribution in [0.1, 0.15) is 71.6 Å². The zero-order chi connectivity index (χ0) is 27.2. The van der Waals surface area contributed by atoms with Crippen LogP contribution in [0.4, 0.5) is 0 Å². The molecule has 0 rings (SSSR count). The van der Waals surface area contributed by atoms with Gasteiger partial charge in [0.05, 0.1) is 19.3 Å². The van der Waals surface area contributed by atoms with Crippen LogP contribution in [-0.4, -0.2) is 73.1 Å². The van der Waals surface area contributed by atoms with Crippen LogP contribution in [0.3, 0.4) is 0 Å². The molecule has 0 aliphatic heterocycles. The number of amides is 1. The maximum Gasteiger partial charge on any atom is 0.330 e. The Kier molecular flexibility index (Phi) is 18.9. The molecule has 0 aromatic carbocycles. The number of nitrogens with zero attached hydrogens (tertiary/aromatic N) is 1. The molecule has 12 heteroatoms. The minimum atomic E-state index is -1.22. The van der Waals surface area contributed by atoms with Gasteiger partial charge in [0, 0.05) is 19.3 Å². The number of rotatable bonds is 21. The first-order valence-electron chi connectivity index (χ1n) is 12.1. The van der Waals surface area contributed by atoms with E-state index in [0.717, 1.165) is 19.3 Å². The van der Waals surface area contributed by atoms with Gasteiger partial charge in [0.2, 0.25) is 5.91 Å². The summed E-state index contributed by atoms with van der Waals surface area (Å²) in [5.41, 5.74) is 0. The Hall–Kier alpha value is -3.44. The molecule has 0 fully saturated rings. The molecule has 0 saturated heterocycles. The highest BCUT2D eigenvalue weighted by Gasteiger charge is 2.25. The number of ether oxygens (including phenoxy) is 3. The summed E-state index contributed by atoms with van der Waals surface area (Å²) in [5, 5.41) is 13.7. The van der Waals surface area contributed by atoms with Gasteiger partial charge in [-0.3, -0.25) is 24.2 Å². The molecule has 0 aliphatic rings. The van der Waals surface area contributed by atoms with Crippen LogP contribution in [0.15, 0.2) is 17.8 Å². The van der Waals surface area contributed by atoms with E-state index >= 15 is 0 Å². The summed E-state index contributed by atoms with van der Waals surface area (Å²) in [4.78, 5) is 63.3. The van der Waals surface area contributed by atoms with E-state index in [0.29, 0.717) is 12.8 Å². The molecule has 3 N–H and O–H groups in total. The standard InChI is InChI=1S/C24H39N3O9/c1-4-7-9-11-23(32)36-18(15-34-22(31)10-8-5-2)16-35-24(33)19(14-26-17-25-6-3)27-20(28)12-13-21(29)30/h6,17-19H,3-5,7-16H2,1-2H3,(H,25,26)(H,27,28)(H,29,30). The number of carboxylic acid groups (broad SMARTS) is 1. The second kappa shape index (κ2) is 20.9. The molecule has 0 aliphatic carbocycles.